The van der Waals surface area contributed by atoms with E-state index in [9.17, 15) is 9.59 Å². The van der Waals surface area contributed by atoms with E-state index in [-0.39, 0.29) is 46.8 Å². The SMILES string of the molecule is CC(=O)Oc1ccc(P(CCOCCP(OS(=O)(=O)c2ccc(C)cc2)(c2ccccc2)(c2ccccc2)c2ccc(OC(C)=O)cc2)(OS(=O)(=O)c2ccc(C)cc2)(c2ccccc2)c2ccccc2)cc1. The van der Waals surface area contributed by atoms with Crippen LogP contribution in [0.25, 0.3) is 0 Å². The number of rotatable bonds is 20. The minimum atomic E-state index is -4.84. The normalized spacial score (nSPS) is 13.2. The van der Waals surface area contributed by atoms with Crippen LogP contribution in [0, 0.1) is 13.8 Å². The standard InChI is InChI=1S/C58H56O11P2S2/c1-45-25-37-57(38-26-45)72(61,62)68-70(51-17-9-5-10-18-51,52-19-11-6-12-20-52,55-33-29-49(30-34-55)66-47(3)59)43-41-65-42-44-71(53-21-13-7-14-22-53,54-23-15-8-16-24-54,56-35-31-50(32-36-56)67-48(4)60)69-73(63,64)58-39-27-46(2)28-40-58/h5-40H,41-44H2,1-4H3. The molecule has 0 spiro atoms. The van der Waals surface area contributed by atoms with E-state index in [4.69, 9.17) is 22.2 Å². The van der Waals surface area contributed by atoms with Gasteiger partial charge in [0, 0.05) is 0 Å². The molecule has 0 aliphatic heterocycles. The van der Waals surface area contributed by atoms with E-state index in [0.717, 1.165) is 11.1 Å². The van der Waals surface area contributed by atoms with Crippen molar-refractivity contribution in [2.75, 3.05) is 25.5 Å². The van der Waals surface area contributed by atoms with Gasteiger partial charge < -0.3 is 0 Å². The second-order valence-corrected chi connectivity index (χ2v) is 30.5. The summed E-state index contributed by atoms with van der Waals surface area (Å²) in [4.78, 5) is 24.2. The molecule has 0 saturated carbocycles. The summed E-state index contributed by atoms with van der Waals surface area (Å²) in [6.45, 7) is -3.60. The van der Waals surface area contributed by atoms with E-state index in [0.29, 0.717) is 31.8 Å². The molecule has 376 valence electrons. The summed E-state index contributed by atoms with van der Waals surface area (Å²) in [6.07, 6.45) is -0.0757. The monoisotopic (exact) mass is 1050 g/mol. The van der Waals surface area contributed by atoms with Crippen LogP contribution in [0.3, 0.4) is 0 Å². The number of esters is 2. The molecule has 0 aliphatic carbocycles. The fourth-order valence-corrected chi connectivity index (χ4v) is 26.3. The van der Waals surface area contributed by atoms with Crippen molar-refractivity contribution >= 4 is 77.7 Å². The first-order valence-electron chi connectivity index (χ1n) is 23.5. The van der Waals surface area contributed by atoms with Gasteiger partial charge in [0.05, 0.1) is 0 Å². The zero-order valence-corrected chi connectivity index (χ0v) is 44.2. The van der Waals surface area contributed by atoms with Crippen molar-refractivity contribution in [3.05, 3.63) is 230 Å². The van der Waals surface area contributed by atoms with Crippen molar-refractivity contribution in [3.8, 4) is 11.5 Å². The molecule has 0 heterocycles. The first kappa shape index (κ1) is 52.7. The molecule has 0 bridgehead atoms. The molecular weight excluding hydrogens is 999 g/mol. The fraction of sp³-hybridized carbons (Fsp3) is 0.138. The zero-order valence-electron chi connectivity index (χ0n) is 40.8. The van der Waals surface area contributed by atoms with Crippen molar-refractivity contribution in [3.63, 3.8) is 0 Å². The molecule has 0 aromatic heterocycles. The number of benzene rings is 8. The molecule has 0 amide bonds. The molecule has 0 radical (unpaired) electrons. The van der Waals surface area contributed by atoms with Gasteiger partial charge in [-0.05, 0) is 0 Å². The first-order valence-corrected chi connectivity index (χ1v) is 31.0. The Hall–Kier alpha value is -6.66. The zero-order chi connectivity index (χ0) is 51.8. The van der Waals surface area contributed by atoms with Gasteiger partial charge in [0.25, 0.3) is 0 Å². The maximum absolute atomic E-state index is 15.2. The predicted molar refractivity (Wildman–Crippen MR) is 292 cm³/mol. The van der Waals surface area contributed by atoms with Crippen LogP contribution in [0.5, 0.6) is 11.5 Å². The van der Waals surface area contributed by atoms with Crippen LogP contribution in [0.4, 0.5) is 0 Å². The number of hydrogen-bond donors (Lipinski definition) is 0. The maximum atomic E-state index is 15.2. The molecule has 0 saturated heterocycles. The van der Waals surface area contributed by atoms with Gasteiger partial charge in [-0.2, -0.15) is 0 Å². The molecule has 0 unspecified atom stereocenters. The van der Waals surface area contributed by atoms with Crippen LogP contribution >= 0.6 is 13.7 Å². The molecule has 11 nitrogen and oxygen atoms in total. The van der Waals surface area contributed by atoms with E-state index in [2.05, 4.69) is 0 Å². The topological polar surface area (TPSA) is 149 Å². The summed E-state index contributed by atoms with van der Waals surface area (Å²) in [6, 6.07) is 63.2. The second-order valence-electron chi connectivity index (χ2n) is 17.7. The van der Waals surface area contributed by atoms with E-state index >= 15 is 16.8 Å². The Morgan fingerprint density at radius 3 is 0.890 bits per heavy atom. The molecular formula is C58H56O11P2S2. The van der Waals surface area contributed by atoms with E-state index < -0.39 is 45.8 Å². The van der Waals surface area contributed by atoms with Crippen molar-refractivity contribution in [2.24, 2.45) is 0 Å². The number of carbonyl (C=O) groups excluding carboxylic acids is 2. The fourth-order valence-electron chi connectivity index (χ4n) is 9.47. The molecule has 15 heteroatoms. The van der Waals surface area contributed by atoms with Gasteiger partial charge in [-0.1, -0.05) is 0 Å². The Balaban J connectivity index is 1.34. The Bertz CT molecular complexity index is 3110. The third kappa shape index (κ3) is 10.3. The number of hydrogen-bond acceptors (Lipinski definition) is 11. The van der Waals surface area contributed by atoms with Gasteiger partial charge >= 0.3 is 430 Å². The Morgan fingerprint density at radius 1 is 0.370 bits per heavy atom. The Morgan fingerprint density at radius 2 is 0.630 bits per heavy atom. The summed E-state index contributed by atoms with van der Waals surface area (Å²) >= 11 is 0. The number of carbonyl (C=O) groups is 2. The second kappa shape index (κ2) is 21.4. The molecule has 0 atom stereocenters. The van der Waals surface area contributed by atoms with Crippen molar-refractivity contribution < 1.29 is 48.6 Å². The third-order valence-corrected chi connectivity index (χ3v) is 29.3. The summed E-state index contributed by atoms with van der Waals surface area (Å²) < 4.78 is 92.9. The summed E-state index contributed by atoms with van der Waals surface area (Å²) in [7, 11) is -9.21. The average Bonchev–Trinajstić information content (AvgIpc) is 3.39. The first-order chi connectivity index (χ1) is 35.0. The molecule has 8 aromatic rings. The van der Waals surface area contributed by atoms with Gasteiger partial charge in [0.1, 0.15) is 0 Å². The van der Waals surface area contributed by atoms with E-state index in [1.54, 1.807) is 72.8 Å². The van der Waals surface area contributed by atoms with E-state index in [1.165, 1.54) is 38.1 Å². The molecule has 0 fully saturated rings. The summed E-state index contributed by atoms with van der Waals surface area (Å²) in [5.41, 5.74) is 1.72. The molecule has 8 aromatic carbocycles. The van der Waals surface area contributed by atoms with Crippen LogP contribution in [-0.4, -0.2) is 54.3 Å². The number of aryl methyl sites for hydroxylation is 2. The minimum absolute atomic E-state index is 0.0378. The van der Waals surface area contributed by atoms with Gasteiger partial charge in [-0.25, -0.2) is 0 Å². The summed E-state index contributed by atoms with van der Waals surface area (Å²) in [5, 5.41) is 3.32. The molecule has 0 aliphatic rings. The van der Waals surface area contributed by atoms with Crippen LogP contribution < -0.4 is 41.3 Å². The molecule has 8 rings (SSSR count). The van der Waals surface area contributed by atoms with Gasteiger partial charge in [0.15, 0.2) is 0 Å². The average molecular weight is 1060 g/mol. The molecule has 0 N–H and O–H groups in total. The van der Waals surface area contributed by atoms with Crippen LogP contribution in [0.15, 0.2) is 228 Å². The summed E-state index contributed by atoms with van der Waals surface area (Å²) in [5.74, 6) is -0.549. The predicted octanol–water partition coefficient (Wildman–Crippen LogP) is 9.17. The molecule has 73 heavy (non-hydrogen) atoms. The van der Waals surface area contributed by atoms with Crippen molar-refractivity contribution in [1.82, 2.24) is 0 Å². The van der Waals surface area contributed by atoms with Gasteiger partial charge in [-0.15, -0.1) is 0 Å². The van der Waals surface area contributed by atoms with Crippen molar-refractivity contribution in [1.29, 1.82) is 0 Å². The van der Waals surface area contributed by atoms with Crippen LogP contribution in [0.2, 0.25) is 0 Å². The van der Waals surface area contributed by atoms with Gasteiger partial charge in [-0.3, -0.25) is 0 Å². The van der Waals surface area contributed by atoms with E-state index in [1.807, 2.05) is 135 Å². The van der Waals surface area contributed by atoms with Crippen LogP contribution in [-0.2, 0) is 42.5 Å². The number of ether oxygens (including phenoxy) is 3. The quantitative estimate of drug-likeness (QED) is 0.0312. The van der Waals surface area contributed by atoms with Crippen LogP contribution in [0.1, 0.15) is 25.0 Å². The van der Waals surface area contributed by atoms with Crippen molar-refractivity contribution in [2.45, 2.75) is 37.5 Å². The van der Waals surface area contributed by atoms with Gasteiger partial charge in [0.2, 0.25) is 0 Å². The Labute approximate surface area is 428 Å². The Kier molecular flexibility index (Phi) is 15.5. The third-order valence-electron chi connectivity index (χ3n) is 13.0.